The van der Waals surface area contributed by atoms with Crippen LogP contribution in [0.3, 0.4) is 0 Å². The molecule has 43 heavy (non-hydrogen) atoms. The van der Waals surface area contributed by atoms with Crippen molar-refractivity contribution < 1.29 is 13.2 Å². The zero-order valence-electron chi connectivity index (χ0n) is 24.0. The van der Waals surface area contributed by atoms with E-state index in [-0.39, 0.29) is 22.9 Å². The van der Waals surface area contributed by atoms with E-state index in [0.29, 0.717) is 27.9 Å². The lowest BCUT2D eigenvalue weighted by molar-refractivity contribution is 0.400. The average Bonchev–Trinajstić information content (AvgIpc) is 3.53. The van der Waals surface area contributed by atoms with Crippen LogP contribution in [0.1, 0.15) is 29.8 Å². The van der Waals surface area contributed by atoms with Gasteiger partial charge in [0.1, 0.15) is 28.4 Å². The highest BCUT2D eigenvalue weighted by Gasteiger charge is 2.26. The van der Waals surface area contributed by atoms with Gasteiger partial charge in [-0.05, 0) is 44.0 Å². The molecule has 0 unspecified atom stereocenters. The Morgan fingerprint density at radius 3 is 2.60 bits per heavy atom. The second-order valence-corrected chi connectivity index (χ2v) is 12.9. The molecule has 0 aliphatic rings. The van der Waals surface area contributed by atoms with Crippen LogP contribution in [-0.2, 0) is 10.0 Å². The fraction of sp³-hybridized carbons (Fsp3) is 0.207. The number of methoxy groups -OCH3 is 1. The summed E-state index contributed by atoms with van der Waals surface area (Å²) in [5.41, 5.74) is 11.7. The van der Waals surface area contributed by atoms with Crippen LogP contribution in [0.15, 0.2) is 59.1 Å². The molecule has 0 saturated heterocycles. The largest absolute Gasteiger partial charge is 0.480 e. The van der Waals surface area contributed by atoms with E-state index in [2.05, 4.69) is 19.7 Å². The molecule has 14 heteroatoms. The maximum atomic E-state index is 14.1. The molecule has 0 spiro atoms. The van der Waals surface area contributed by atoms with Crippen molar-refractivity contribution in [2.24, 2.45) is 0 Å². The minimum atomic E-state index is -3.63. The van der Waals surface area contributed by atoms with E-state index in [4.69, 9.17) is 15.6 Å². The zero-order valence-corrected chi connectivity index (χ0v) is 25.6. The number of hydrogen-bond donors (Lipinski definition) is 2. The van der Waals surface area contributed by atoms with E-state index in [9.17, 15) is 13.2 Å². The summed E-state index contributed by atoms with van der Waals surface area (Å²) in [6.45, 7) is 5.85. The van der Waals surface area contributed by atoms with Crippen LogP contribution >= 0.6 is 11.3 Å². The van der Waals surface area contributed by atoms with Crippen molar-refractivity contribution in [1.29, 1.82) is 0 Å². The number of thiazole rings is 1. The van der Waals surface area contributed by atoms with E-state index < -0.39 is 16.1 Å². The average molecular weight is 617 g/mol. The fourth-order valence-electron chi connectivity index (χ4n) is 5.26. The summed E-state index contributed by atoms with van der Waals surface area (Å²) in [5, 5.41) is 7.35. The normalized spacial score (nSPS) is 12.6. The summed E-state index contributed by atoms with van der Waals surface area (Å²) in [6, 6.07) is 11.0. The van der Waals surface area contributed by atoms with Crippen LogP contribution in [0.4, 0.5) is 11.5 Å². The molecular weight excluding hydrogens is 589 g/mol. The molecular formula is C29H28N8O4S2. The highest BCUT2D eigenvalue weighted by atomic mass is 32.2. The third kappa shape index (κ3) is 4.97. The van der Waals surface area contributed by atoms with E-state index >= 15 is 0 Å². The molecule has 5 heterocycles. The van der Waals surface area contributed by atoms with Gasteiger partial charge >= 0.3 is 0 Å². The summed E-state index contributed by atoms with van der Waals surface area (Å²) in [5.74, 6) is 0.286. The summed E-state index contributed by atoms with van der Waals surface area (Å²) in [4.78, 5) is 27.9. The first-order valence-electron chi connectivity index (χ1n) is 13.2. The van der Waals surface area contributed by atoms with Gasteiger partial charge in [0.25, 0.3) is 5.56 Å². The Balaban J connectivity index is 1.60. The fourth-order valence-corrected chi connectivity index (χ4v) is 6.73. The minimum Gasteiger partial charge on any atom is -0.480 e. The van der Waals surface area contributed by atoms with Crippen molar-refractivity contribution in [2.75, 3.05) is 23.8 Å². The molecule has 0 amide bonds. The van der Waals surface area contributed by atoms with Crippen LogP contribution < -0.4 is 20.8 Å². The van der Waals surface area contributed by atoms with Gasteiger partial charge in [0.2, 0.25) is 15.9 Å². The first-order valence-corrected chi connectivity index (χ1v) is 16.0. The lowest BCUT2D eigenvalue weighted by Crippen LogP contribution is -2.21. The molecule has 0 bridgehead atoms. The van der Waals surface area contributed by atoms with Crippen LogP contribution in [0.25, 0.3) is 38.2 Å². The van der Waals surface area contributed by atoms with Crippen molar-refractivity contribution in [2.45, 2.75) is 26.8 Å². The standard InChI is InChI=1S/C29H28N8O4S2/c1-15-7-6-8-18(9-15)23-20(11-22-36(29(23)38)16(2)13-42-22)17(3)37-27-24(26(30)32-14-33-27)25(34-37)19-10-21(35-43(5,39)40)28(41-4)31-12-19/h6-14,17,35H,1-5H3,(H2,30,32,33)/t17-/m0/s1. The summed E-state index contributed by atoms with van der Waals surface area (Å²) < 4.78 is 35.2. The second-order valence-electron chi connectivity index (χ2n) is 10.3. The Hall–Kier alpha value is -4.82. The molecule has 6 aromatic rings. The number of pyridine rings is 2. The third-order valence-corrected chi connectivity index (χ3v) is 8.75. The molecule has 0 aliphatic heterocycles. The monoisotopic (exact) mass is 616 g/mol. The van der Waals surface area contributed by atoms with Gasteiger partial charge in [0.15, 0.2) is 5.65 Å². The number of ether oxygens (including phenoxy) is 1. The van der Waals surface area contributed by atoms with Crippen LogP contribution in [-0.4, -0.2) is 50.9 Å². The highest BCUT2D eigenvalue weighted by molar-refractivity contribution is 7.92. The van der Waals surface area contributed by atoms with Gasteiger partial charge in [0.05, 0.1) is 30.4 Å². The lowest BCUT2D eigenvalue weighted by atomic mass is 9.96. The van der Waals surface area contributed by atoms with Gasteiger partial charge < -0.3 is 10.5 Å². The van der Waals surface area contributed by atoms with Crippen molar-refractivity contribution in [1.82, 2.24) is 29.1 Å². The number of aryl methyl sites for hydroxylation is 2. The number of anilines is 2. The number of nitrogens with zero attached hydrogens (tertiary/aromatic N) is 6. The van der Waals surface area contributed by atoms with Crippen LogP contribution in [0.5, 0.6) is 5.88 Å². The van der Waals surface area contributed by atoms with Gasteiger partial charge in [-0.1, -0.05) is 29.8 Å². The zero-order chi connectivity index (χ0) is 30.6. The molecule has 0 saturated carbocycles. The predicted octanol–water partition coefficient (Wildman–Crippen LogP) is 4.42. The van der Waals surface area contributed by atoms with Crippen molar-refractivity contribution in [3.8, 4) is 28.3 Å². The SMILES string of the molecule is COc1ncc(-c2nn([C@@H](C)c3cc4scc(C)n4c(=O)c3-c3cccc(C)c3)c3ncnc(N)c23)cc1NS(C)(=O)=O. The van der Waals surface area contributed by atoms with Crippen LogP contribution in [0.2, 0.25) is 0 Å². The Bertz CT molecular complexity index is 2220. The van der Waals surface area contributed by atoms with Gasteiger partial charge in [-0.25, -0.2) is 28.1 Å². The molecule has 3 N–H and O–H groups in total. The van der Waals surface area contributed by atoms with E-state index in [1.165, 1.54) is 31.0 Å². The summed E-state index contributed by atoms with van der Waals surface area (Å²) >= 11 is 1.49. The van der Waals surface area contributed by atoms with E-state index in [0.717, 1.165) is 33.5 Å². The van der Waals surface area contributed by atoms with Crippen molar-refractivity contribution in [3.05, 3.63) is 81.5 Å². The van der Waals surface area contributed by atoms with Crippen LogP contribution in [0, 0.1) is 13.8 Å². The molecule has 6 rings (SSSR count). The maximum Gasteiger partial charge on any atom is 0.264 e. The van der Waals surface area contributed by atoms with Gasteiger partial charge in [-0.15, -0.1) is 11.3 Å². The van der Waals surface area contributed by atoms with Crippen molar-refractivity contribution in [3.63, 3.8) is 0 Å². The van der Waals surface area contributed by atoms with Crippen molar-refractivity contribution >= 4 is 48.7 Å². The smallest absolute Gasteiger partial charge is 0.264 e. The van der Waals surface area contributed by atoms with Gasteiger partial charge in [-0.2, -0.15) is 5.10 Å². The number of nitrogens with two attached hydrogens (primary N) is 1. The topological polar surface area (TPSA) is 159 Å². The Labute approximate surface area is 250 Å². The molecule has 0 fully saturated rings. The first-order chi connectivity index (χ1) is 20.5. The number of nitrogens with one attached hydrogen (secondary N) is 1. The quantitative estimate of drug-likeness (QED) is 0.265. The summed E-state index contributed by atoms with van der Waals surface area (Å²) in [6.07, 6.45) is 3.91. The predicted molar refractivity (Wildman–Crippen MR) is 168 cm³/mol. The molecule has 0 aliphatic carbocycles. The number of nitrogen functional groups attached to an aromatic ring is 1. The summed E-state index contributed by atoms with van der Waals surface area (Å²) in [7, 11) is -2.24. The molecule has 1 aromatic carbocycles. The van der Waals surface area contributed by atoms with Gasteiger partial charge in [0, 0.05) is 22.8 Å². The third-order valence-electron chi connectivity index (χ3n) is 7.16. The first kappa shape index (κ1) is 28.3. The number of hydrogen-bond acceptors (Lipinski definition) is 10. The molecule has 0 radical (unpaired) electrons. The molecule has 1 atom stereocenters. The Kier molecular flexibility index (Phi) is 6.89. The van der Waals surface area contributed by atoms with E-state index in [1.807, 2.05) is 56.5 Å². The molecule has 220 valence electrons. The number of aromatic nitrogens is 6. The minimum absolute atomic E-state index is 0.0957. The Morgan fingerprint density at radius 2 is 1.88 bits per heavy atom. The molecule has 5 aromatic heterocycles. The maximum absolute atomic E-state index is 14.1. The highest BCUT2D eigenvalue weighted by Crippen LogP contribution is 2.37. The Morgan fingerprint density at radius 1 is 1.09 bits per heavy atom. The van der Waals surface area contributed by atoms with E-state index in [1.54, 1.807) is 15.1 Å². The number of sulfonamides is 1. The lowest BCUT2D eigenvalue weighted by Gasteiger charge is -2.18. The molecule has 12 nitrogen and oxygen atoms in total. The van der Waals surface area contributed by atoms with Gasteiger partial charge in [-0.3, -0.25) is 13.9 Å². The second kappa shape index (κ2) is 10.5. The number of fused-ring (bicyclic) bond motifs is 2. The number of rotatable bonds is 7. The number of benzene rings is 1.